The van der Waals surface area contributed by atoms with Crippen LogP contribution in [0, 0.1) is 0 Å². The van der Waals surface area contributed by atoms with Crippen LogP contribution >= 0.6 is 0 Å². The monoisotopic (exact) mass is 367 g/mol. The quantitative estimate of drug-likeness (QED) is 0.769. The molecule has 2 N–H and O–H groups in total. The lowest BCUT2D eigenvalue weighted by molar-refractivity contribution is 0.0942. The number of fused-ring (bicyclic) bond motifs is 1. The lowest BCUT2D eigenvalue weighted by Crippen LogP contribution is -2.28. The Bertz CT molecular complexity index is 852. The third kappa shape index (κ3) is 4.02. The highest BCUT2D eigenvalue weighted by molar-refractivity contribution is 6.05. The van der Waals surface area contributed by atoms with E-state index in [9.17, 15) is 9.59 Å². The van der Waals surface area contributed by atoms with E-state index in [0.717, 1.165) is 30.6 Å². The van der Waals surface area contributed by atoms with Gasteiger partial charge in [-0.3, -0.25) is 9.59 Å². The molecule has 2 amide bonds. The molecule has 27 heavy (non-hydrogen) atoms. The number of imidazole rings is 1. The van der Waals surface area contributed by atoms with Crippen LogP contribution in [0.25, 0.3) is 0 Å². The smallest absolute Gasteiger partial charge is 0.287 e. The molecule has 0 radical (unpaired) electrons. The molecule has 0 aliphatic carbocycles. The first kappa shape index (κ1) is 18.7. The van der Waals surface area contributed by atoms with Crippen molar-refractivity contribution in [2.45, 2.75) is 25.8 Å². The van der Waals surface area contributed by atoms with Crippen molar-refractivity contribution < 1.29 is 9.59 Å². The molecule has 7 heteroatoms. The molecule has 1 aromatic heterocycles. The molecule has 0 fully saturated rings. The molecule has 0 saturated carbocycles. The first-order valence-corrected chi connectivity index (χ1v) is 9.08. The Labute approximate surface area is 159 Å². The van der Waals surface area contributed by atoms with Gasteiger partial charge in [-0.05, 0) is 43.5 Å². The molecular weight excluding hydrogens is 342 g/mol. The summed E-state index contributed by atoms with van der Waals surface area (Å²) in [4.78, 5) is 31.6. The summed E-state index contributed by atoms with van der Waals surface area (Å²) in [5.74, 6) is -0.284. The summed E-state index contributed by atoms with van der Waals surface area (Å²) >= 11 is 0. The summed E-state index contributed by atoms with van der Waals surface area (Å²) in [6.07, 6.45) is 4.31. The summed E-state index contributed by atoms with van der Waals surface area (Å²) in [5.41, 5.74) is 2.90. The zero-order valence-electron chi connectivity index (χ0n) is 15.8. The zero-order valence-corrected chi connectivity index (χ0v) is 15.8. The third-order valence-corrected chi connectivity index (χ3v) is 4.58. The number of rotatable bonds is 6. The first-order valence-electron chi connectivity index (χ1n) is 9.08. The highest BCUT2D eigenvalue weighted by Gasteiger charge is 2.27. The van der Waals surface area contributed by atoms with Crippen LogP contribution < -0.4 is 15.5 Å². The van der Waals surface area contributed by atoms with E-state index >= 15 is 0 Å². The van der Waals surface area contributed by atoms with E-state index in [1.807, 2.05) is 47.8 Å². The number of nitrogens with zero attached hydrogens (tertiary/aromatic N) is 3. The number of carbonyl (C=O) groups excluding carboxylic acids is 2. The molecule has 1 aliphatic rings. The summed E-state index contributed by atoms with van der Waals surface area (Å²) in [7, 11) is 3.92. The van der Waals surface area contributed by atoms with E-state index in [-0.39, 0.29) is 11.8 Å². The standard InChI is InChI=1S/C20H25N5O2/c1-4-12-21-20(27)18-23-17(16-7-5-6-13-25(16)18)19(26)22-14-8-10-15(11-9-14)24(2)3/h4,8-11H,1,5-7,12-13H2,2-3H3,(H,21,27)(H,22,26). The molecular formula is C20H25N5O2. The van der Waals surface area contributed by atoms with Crippen molar-refractivity contribution in [3.63, 3.8) is 0 Å². The molecule has 2 aromatic rings. The van der Waals surface area contributed by atoms with Crippen molar-refractivity contribution in [1.29, 1.82) is 0 Å². The maximum absolute atomic E-state index is 12.8. The summed E-state index contributed by atoms with van der Waals surface area (Å²) in [6.45, 7) is 4.66. The molecule has 0 spiro atoms. The number of benzene rings is 1. The van der Waals surface area contributed by atoms with Crippen LogP contribution in [0.2, 0.25) is 0 Å². The van der Waals surface area contributed by atoms with Gasteiger partial charge in [0.2, 0.25) is 0 Å². The zero-order chi connectivity index (χ0) is 19.4. The highest BCUT2D eigenvalue weighted by atomic mass is 16.2. The van der Waals surface area contributed by atoms with Gasteiger partial charge in [0.15, 0.2) is 11.5 Å². The fourth-order valence-corrected chi connectivity index (χ4v) is 3.18. The van der Waals surface area contributed by atoms with Gasteiger partial charge in [0.25, 0.3) is 11.8 Å². The second kappa shape index (κ2) is 8.07. The minimum absolute atomic E-state index is 0.285. The van der Waals surface area contributed by atoms with Gasteiger partial charge >= 0.3 is 0 Å². The van der Waals surface area contributed by atoms with Gasteiger partial charge in [0.05, 0.1) is 5.69 Å². The van der Waals surface area contributed by atoms with Gasteiger partial charge in [-0.15, -0.1) is 6.58 Å². The van der Waals surface area contributed by atoms with Crippen molar-refractivity contribution in [2.75, 3.05) is 30.9 Å². The molecule has 0 saturated heterocycles. The lowest BCUT2D eigenvalue weighted by Gasteiger charge is -2.17. The summed E-state index contributed by atoms with van der Waals surface area (Å²) in [6, 6.07) is 7.58. The van der Waals surface area contributed by atoms with Crippen molar-refractivity contribution >= 4 is 23.2 Å². The van der Waals surface area contributed by atoms with Gasteiger partial charge in [-0.2, -0.15) is 0 Å². The number of nitrogens with one attached hydrogen (secondary N) is 2. The van der Waals surface area contributed by atoms with E-state index in [4.69, 9.17) is 0 Å². The molecule has 142 valence electrons. The Morgan fingerprint density at radius 2 is 1.96 bits per heavy atom. The molecule has 3 rings (SSSR count). The number of anilines is 2. The molecule has 0 atom stereocenters. The third-order valence-electron chi connectivity index (χ3n) is 4.58. The Morgan fingerprint density at radius 3 is 2.63 bits per heavy atom. The minimum atomic E-state index is -0.291. The minimum Gasteiger partial charge on any atom is -0.378 e. The van der Waals surface area contributed by atoms with E-state index in [1.165, 1.54) is 0 Å². The van der Waals surface area contributed by atoms with Gasteiger partial charge in [0.1, 0.15) is 0 Å². The normalized spacial score (nSPS) is 12.8. The van der Waals surface area contributed by atoms with Crippen LogP contribution in [0.15, 0.2) is 36.9 Å². The van der Waals surface area contributed by atoms with Crippen LogP contribution in [-0.4, -0.2) is 42.0 Å². The van der Waals surface area contributed by atoms with Crippen LogP contribution in [0.5, 0.6) is 0 Å². The number of hydrogen-bond acceptors (Lipinski definition) is 4. The fourth-order valence-electron chi connectivity index (χ4n) is 3.18. The van der Waals surface area contributed by atoms with Gasteiger partial charge in [-0.25, -0.2) is 4.98 Å². The maximum Gasteiger partial charge on any atom is 0.287 e. The van der Waals surface area contributed by atoms with Crippen molar-refractivity contribution in [1.82, 2.24) is 14.9 Å². The Hall–Kier alpha value is -3.09. The molecule has 2 heterocycles. The predicted octanol–water partition coefficient (Wildman–Crippen LogP) is 2.45. The molecule has 1 aliphatic heterocycles. The molecule has 7 nitrogen and oxygen atoms in total. The van der Waals surface area contributed by atoms with Gasteiger partial charge in [0, 0.05) is 38.6 Å². The summed E-state index contributed by atoms with van der Waals surface area (Å²) < 4.78 is 1.87. The van der Waals surface area contributed by atoms with E-state index in [2.05, 4.69) is 22.2 Å². The number of carbonyl (C=O) groups is 2. The lowest BCUT2D eigenvalue weighted by atomic mass is 10.1. The molecule has 1 aromatic carbocycles. The Kier molecular flexibility index (Phi) is 5.59. The van der Waals surface area contributed by atoms with Crippen LogP contribution in [0.3, 0.4) is 0 Å². The van der Waals surface area contributed by atoms with Gasteiger partial charge in [-0.1, -0.05) is 6.08 Å². The van der Waals surface area contributed by atoms with Crippen LogP contribution in [-0.2, 0) is 13.0 Å². The average Bonchev–Trinajstić information content (AvgIpc) is 3.06. The Morgan fingerprint density at radius 1 is 1.22 bits per heavy atom. The number of aromatic nitrogens is 2. The van der Waals surface area contributed by atoms with Crippen molar-refractivity contribution in [3.8, 4) is 0 Å². The first-order chi connectivity index (χ1) is 13.0. The van der Waals surface area contributed by atoms with Crippen LogP contribution in [0.4, 0.5) is 11.4 Å². The van der Waals surface area contributed by atoms with Crippen molar-refractivity contribution in [2.24, 2.45) is 0 Å². The number of hydrogen-bond donors (Lipinski definition) is 2. The van der Waals surface area contributed by atoms with Gasteiger partial charge < -0.3 is 20.1 Å². The van der Waals surface area contributed by atoms with E-state index < -0.39 is 0 Å². The molecule has 0 bridgehead atoms. The molecule has 0 unspecified atom stereocenters. The topological polar surface area (TPSA) is 79.3 Å². The second-order valence-corrected chi connectivity index (χ2v) is 6.73. The highest BCUT2D eigenvalue weighted by Crippen LogP contribution is 2.23. The van der Waals surface area contributed by atoms with Crippen molar-refractivity contribution in [3.05, 3.63) is 54.1 Å². The van der Waals surface area contributed by atoms with Crippen LogP contribution in [0.1, 0.15) is 39.6 Å². The summed E-state index contributed by atoms with van der Waals surface area (Å²) in [5, 5.41) is 5.63. The second-order valence-electron chi connectivity index (χ2n) is 6.73. The number of amides is 2. The maximum atomic E-state index is 12.8. The predicted molar refractivity (Wildman–Crippen MR) is 106 cm³/mol. The van der Waals surface area contributed by atoms with E-state index in [0.29, 0.717) is 30.3 Å². The van der Waals surface area contributed by atoms with E-state index in [1.54, 1.807) is 6.08 Å². The largest absolute Gasteiger partial charge is 0.378 e. The fraction of sp³-hybridized carbons (Fsp3) is 0.350. The SMILES string of the molecule is C=CCNC(=O)c1nc(C(=O)Nc2ccc(N(C)C)cc2)c2n1CCCC2. The average molecular weight is 367 g/mol. The Balaban J connectivity index is 1.84.